The molecule has 0 saturated carbocycles. The van der Waals surface area contributed by atoms with Crippen molar-refractivity contribution in [3.63, 3.8) is 0 Å². The number of nitrogens with zero attached hydrogens (tertiary/aromatic N) is 1. The van der Waals surface area contributed by atoms with E-state index >= 15 is 0 Å². The Bertz CT molecular complexity index is 1020. The average molecular weight is 368 g/mol. The maximum Gasteiger partial charge on any atom is 0.267 e. The van der Waals surface area contributed by atoms with E-state index in [-0.39, 0.29) is 11.8 Å². The number of anilines is 3. The van der Waals surface area contributed by atoms with E-state index in [4.69, 9.17) is 5.73 Å². The fourth-order valence-electron chi connectivity index (χ4n) is 2.76. The lowest BCUT2D eigenvalue weighted by molar-refractivity contribution is -0.114. The highest BCUT2D eigenvalue weighted by Crippen LogP contribution is 2.36. The number of hydrogen-bond acceptors (Lipinski definition) is 5. The molecule has 0 atom stereocenters. The van der Waals surface area contributed by atoms with Crippen molar-refractivity contribution in [1.29, 1.82) is 0 Å². The predicted octanol–water partition coefficient (Wildman–Crippen LogP) is 4.01. The summed E-state index contributed by atoms with van der Waals surface area (Å²) in [5.41, 5.74) is 11.1. The van der Waals surface area contributed by atoms with Gasteiger partial charge in [-0.15, -0.1) is 11.3 Å². The fraction of sp³-hybridized carbons (Fsp3) is 0.211. The van der Waals surface area contributed by atoms with Gasteiger partial charge in [-0.1, -0.05) is 0 Å². The molecule has 2 heterocycles. The summed E-state index contributed by atoms with van der Waals surface area (Å²) in [5, 5.41) is 6.37. The van der Waals surface area contributed by atoms with Crippen LogP contribution in [0.3, 0.4) is 0 Å². The number of benzene rings is 1. The summed E-state index contributed by atoms with van der Waals surface area (Å²) < 4.78 is 0. The van der Waals surface area contributed by atoms with Crippen LogP contribution in [0.2, 0.25) is 0 Å². The second kappa shape index (κ2) is 6.76. The lowest BCUT2D eigenvalue weighted by atomic mass is 10.1. The summed E-state index contributed by atoms with van der Waals surface area (Å²) in [5.74, 6) is -0.416. The van der Waals surface area contributed by atoms with E-state index in [1.807, 2.05) is 20.8 Å². The Morgan fingerprint density at radius 1 is 1.00 bits per heavy atom. The van der Waals surface area contributed by atoms with Crippen molar-refractivity contribution in [3.8, 4) is 0 Å². The van der Waals surface area contributed by atoms with Crippen molar-refractivity contribution in [2.75, 3.05) is 16.4 Å². The van der Waals surface area contributed by atoms with E-state index in [1.54, 1.807) is 24.3 Å². The van der Waals surface area contributed by atoms with E-state index in [0.717, 1.165) is 27.0 Å². The molecule has 2 aromatic heterocycles. The van der Waals surface area contributed by atoms with Crippen LogP contribution in [0, 0.1) is 20.8 Å². The summed E-state index contributed by atoms with van der Waals surface area (Å²) in [4.78, 5) is 29.5. The monoisotopic (exact) mass is 368 g/mol. The Hall–Kier alpha value is -2.93. The van der Waals surface area contributed by atoms with Gasteiger partial charge in [0.1, 0.15) is 9.71 Å². The third-order valence-corrected chi connectivity index (χ3v) is 5.44. The van der Waals surface area contributed by atoms with Crippen LogP contribution in [0.15, 0.2) is 24.3 Å². The van der Waals surface area contributed by atoms with Gasteiger partial charge in [0.25, 0.3) is 5.91 Å². The van der Waals surface area contributed by atoms with Gasteiger partial charge in [-0.25, -0.2) is 4.98 Å². The number of fused-ring (bicyclic) bond motifs is 1. The molecule has 134 valence electrons. The van der Waals surface area contributed by atoms with Crippen molar-refractivity contribution in [3.05, 3.63) is 46.0 Å². The average Bonchev–Trinajstić information content (AvgIpc) is 2.90. The van der Waals surface area contributed by atoms with E-state index in [2.05, 4.69) is 15.6 Å². The van der Waals surface area contributed by atoms with Gasteiger partial charge in [0.05, 0.1) is 5.69 Å². The number of nitrogens with two attached hydrogens (primary N) is 1. The summed E-state index contributed by atoms with van der Waals surface area (Å²) in [7, 11) is 0. The first-order valence-corrected chi connectivity index (χ1v) is 8.94. The van der Waals surface area contributed by atoms with Crippen LogP contribution in [0.5, 0.6) is 0 Å². The van der Waals surface area contributed by atoms with Gasteiger partial charge in [-0.05, 0) is 56.2 Å². The number of aryl methyl sites for hydroxylation is 2. The topological polar surface area (TPSA) is 97.1 Å². The minimum absolute atomic E-state index is 0.145. The molecular formula is C19H20N4O2S. The molecule has 0 radical (unpaired) electrons. The Kier molecular flexibility index (Phi) is 4.65. The maximum absolute atomic E-state index is 12.7. The minimum Gasteiger partial charge on any atom is -0.397 e. The second-order valence-electron chi connectivity index (χ2n) is 6.18. The zero-order chi connectivity index (χ0) is 19.0. The van der Waals surface area contributed by atoms with Crippen molar-refractivity contribution in [1.82, 2.24) is 4.98 Å². The van der Waals surface area contributed by atoms with E-state index in [1.165, 1.54) is 18.3 Å². The van der Waals surface area contributed by atoms with Crippen LogP contribution in [0.1, 0.15) is 33.4 Å². The molecule has 0 bridgehead atoms. The molecule has 0 spiro atoms. The zero-order valence-electron chi connectivity index (χ0n) is 15.1. The van der Waals surface area contributed by atoms with Crippen LogP contribution in [-0.2, 0) is 4.79 Å². The summed E-state index contributed by atoms with van der Waals surface area (Å²) in [6.07, 6.45) is 0. The number of carbonyl (C=O) groups excluding carboxylic acids is 2. The highest BCUT2D eigenvalue weighted by molar-refractivity contribution is 7.21. The fourth-order valence-corrected chi connectivity index (χ4v) is 3.86. The maximum atomic E-state index is 12.7. The molecule has 1 aromatic carbocycles. The molecule has 3 aromatic rings. The summed E-state index contributed by atoms with van der Waals surface area (Å²) >= 11 is 1.29. The van der Waals surface area contributed by atoms with Gasteiger partial charge in [0, 0.05) is 29.4 Å². The molecule has 0 aliphatic carbocycles. The smallest absolute Gasteiger partial charge is 0.267 e. The molecule has 0 saturated heterocycles. The highest BCUT2D eigenvalue weighted by atomic mass is 32.1. The molecule has 0 unspecified atom stereocenters. The van der Waals surface area contributed by atoms with Gasteiger partial charge in [0.2, 0.25) is 5.91 Å². The van der Waals surface area contributed by atoms with E-state index in [9.17, 15) is 9.59 Å². The molecule has 26 heavy (non-hydrogen) atoms. The number of aromatic nitrogens is 1. The molecule has 0 aliphatic heterocycles. The Morgan fingerprint density at radius 2 is 1.58 bits per heavy atom. The van der Waals surface area contributed by atoms with Crippen molar-refractivity contribution >= 4 is 50.4 Å². The molecule has 4 N–H and O–H groups in total. The first-order valence-electron chi connectivity index (χ1n) is 8.12. The van der Waals surface area contributed by atoms with Gasteiger partial charge >= 0.3 is 0 Å². The zero-order valence-corrected chi connectivity index (χ0v) is 15.9. The minimum atomic E-state index is -0.271. The number of thiophene rings is 1. The highest BCUT2D eigenvalue weighted by Gasteiger charge is 2.20. The molecule has 0 fully saturated rings. The third kappa shape index (κ3) is 3.25. The molecule has 7 heteroatoms. The predicted molar refractivity (Wildman–Crippen MR) is 107 cm³/mol. The van der Waals surface area contributed by atoms with Crippen molar-refractivity contribution < 1.29 is 9.59 Å². The molecule has 3 rings (SSSR count). The Labute approximate surface area is 155 Å². The number of carbonyl (C=O) groups is 2. The normalized spacial score (nSPS) is 10.8. The molecule has 6 nitrogen and oxygen atoms in total. The molecule has 0 aliphatic rings. The SMILES string of the molecule is CC(=O)Nc1ccc(NC(=O)c2sc3nc(C)c(C)c(C)c3c2N)cc1. The number of nitrogen functional groups attached to an aromatic ring is 1. The Morgan fingerprint density at radius 3 is 2.15 bits per heavy atom. The van der Waals surface area contributed by atoms with Gasteiger partial charge in [-0.2, -0.15) is 0 Å². The molecular weight excluding hydrogens is 348 g/mol. The van der Waals surface area contributed by atoms with Crippen molar-refractivity contribution in [2.45, 2.75) is 27.7 Å². The second-order valence-corrected chi connectivity index (χ2v) is 7.18. The third-order valence-electron chi connectivity index (χ3n) is 4.35. The van der Waals surface area contributed by atoms with Crippen LogP contribution < -0.4 is 16.4 Å². The summed E-state index contributed by atoms with van der Waals surface area (Å²) in [6, 6.07) is 6.91. The number of hydrogen-bond donors (Lipinski definition) is 3. The number of nitrogens with one attached hydrogen (secondary N) is 2. The number of pyridine rings is 1. The van der Waals surface area contributed by atoms with Gasteiger partial charge < -0.3 is 16.4 Å². The number of amides is 2. The van der Waals surface area contributed by atoms with Crippen LogP contribution >= 0.6 is 11.3 Å². The van der Waals surface area contributed by atoms with Crippen LogP contribution in [0.25, 0.3) is 10.2 Å². The number of rotatable bonds is 3. The summed E-state index contributed by atoms with van der Waals surface area (Å²) in [6.45, 7) is 7.40. The van der Waals surface area contributed by atoms with Gasteiger partial charge in [0.15, 0.2) is 0 Å². The van der Waals surface area contributed by atoms with Crippen LogP contribution in [0.4, 0.5) is 17.1 Å². The van der Waals surface area contributed by atoms with Gasteiger partial charge in [-0.3, -0.25) is 9.59 Å². The molecule has 2 amide bonds. The van der Waals surface area contributed by atoms with E-state index in [0.29, 0.717) is 21.9 Å². The largest absolute Gasteiger partial charge is 0.397 e. The van der Waals surface area contributed by atoms with E-state index < -0.39 is 0 Å². The van der Waals surface area contributed by atoms with Crippen LogP contribution in [-0.4, -0.2) is 16.8 Å². The quantitative estimate of drug-likeness (QED) is 0.650. The van der Waals surface area contributed by atoms with Crippen molar-refractivity contribution in [2.24, 2.45) is 0 Å². The lowest BCUT2D eigenvalue weighted by Crippen LogP contribution is -2.12. The Balaban J connectivity index is 1.89. The standard InChI is InChI=1S/C19H20N4O2S/c1-9-10(2)15-16(20)17(26-19(15)21-11(9)3)18(25)23-14-7-5-13(6-8-14)22-12(4)24/h5-8H,20H2,1-4H3,(H,22,24)(H,23,25). The first-order chi connectivity index (χ1) is 12.3. The lowest BCUT2D eigenvalue weighted by Gasteiger charge is -2.07. The first kappa shape index (κ1) is 17.9.